The second kappa shape index (κ2) is 9.33. The van der Waals surface area contributed by atoms with Crippen LogP contribution in [0, 0.1) is 20.8 Å². The van der Waals surface area contributed by atoms with Gasteiger partial charge in [0.25, 0.3) is 0 Å². The maximum absolute atomic E-state index is 6.14. The second-order valence-corrected chi connectivity index (χ2v) is 8.94. The van der Waals surface area contributed by atoms with Gasteiger partial charge in [-0.1, -0.05) is 30.3 Å². The van der Waals surface area contributed by atoms with Crippen molar-refractivity contribution in [1.29, 1.82) is 0 Å². The number of hydrogen-bond donors (Lipinski definition) is 0. The van der Waals surface area contributed by atoms with Gasteiger partial charge in [-0.3, -0.25) is 14.6 Å². The lowest BCUT2D eigenvalue weighted by Gasteiger charge is -2.33. The Kier molecular flexibility index (Phi) is 6.54. The Morgan fingerprint density at radius 2 is 1.87 bits per heavy atom. The van der Waals surface area contributed by atoms with E-state index in [0.717, 1.165) is 49.7 Å². The van der Waals surface area contributed by atoms with Crippen molar-refractivity contribution >= 4 is 0 Å². The molecule has 5 heteroatoms. The number of nitrogens with zero attached hydrogens (tertiary/aromatic N) is 4. The first-order chi connectivity index (χ1) is 14.9. The van der Waals surface area contributed by atoms with Gasteiger partial charge in [0, 0.05) is 49.0 Å². The van der Waals surface area contributed by atoms with Gasteiger partial charge in [-0.05, 0) is 57.9 Å². The molecule has 1 atom stereocenters. The Hall–Kier alpha value is -2.50. The summed E-state index contributed by atoms with van der Waals surface area (Å²) in [5.74, 6) is 0. The highest BCUT2D eigenvalue weighted by atomic mass is 16.5. The molecular formula is C26H34N4O. The van der Waals surface area contributed by atoms with Crippen LogP contribution in [0.15, 0.2) is 42.5 Å². The lowest BCUT2D eigenvalue weighted by atomic mass is 10.0. The summed E-state index contributed by atoms with van der Waals surface area (Å²) in [7, 11) is 0. The molecule has 1 fully saturated rings. The molecule has 1 aliphatic heterocycles. The van der Waals surface area contributed by atoms with E-state index < -0.39 is 0 Å². The zero-order valence-corrected chi connectivity index (χ0v) is 19.4. The molecule has 164 valence electrons. The summed E-state index contributed by atoms with van der Waals surface area (Å²) in [6, 6.07) is 15.2. The molecule has 0 saturated carbocycles. The fraction of sp³-hybridized carbons (Fsp3) is 0.462. The van der Waals surface area contributed by atoms with Crippen LogP contribution < -0.4 is 0 Å². The minimum absolute atomic E-state index is 0.00586. The van der Waals surface area contributed by atoms with Gasteiger partial charge in [-0.15, -0.1) is 0 Å². The standard InChI is InChI=1S/C26H34N4O/c1-18(2)30-21(5)24(20(4)28-30)16-29-13-14-31-26(17-29)25-12-8-11-23(27-25)15-22-10-7-6-9-19(22)3/h6-12,18,26H,13-17H2,1-5H3/t26-/m1/s1. The van der Waals surface area contributed by atoms with E-state index in [1.54, 1.807) is 0 Å². The summed E-state index contributed by atoms with van der Waals surface area (Å²) in [6.07, 6.45) is 0.857. The van der Waals surface area contributed by atoms with Crippen LogP contribution in [0.5, 0.6) is 0 Å². The van der Waals surface area contributed by atoms with E-state index in [9.17, 15) is 0 Å². The van der Waals surface area contributed by atoms with Crippen molar-refractivity contribution in [2.45, 2.75) is 59.7 Å². The Labute approximate surface area is 186 Å². The fourth-order valence-electron chi connectivity index (χ4n) is 4.46. The molecule has 3 heterocycles. The summed E-state index contributed by atoms with van der Waals surface area (Å²) in [4.78, 5) is 7.45. The summed E-state index contributed by atoms with van der Waals surface area (Å²) in [5, 5.41) is 4.76. The van der Waals surface area contributed by atoms with Crippen molar-refractivity contribution < 1.29 is 4.74 Å². The van der Waals surface area contributed by atoms with Crippen molar-refractivity contribution in [2.24, 2.45) is 0 Å². The minimum Gasteiger partial charge on any atom is -0.369 e. The SMILES string of the molecule is Cc1ccccc1Cc1cccc([C@H]2CN(Cc3c(C)nn(C(C)C)c3C)CCO2)n1. The summed E-state index contributed by atoms with van der Waals surface area (Å²) >= 11 is 0. The van der Waals surface area contributed by atoms with Gasteiger partial charge in [0.15, 0.2) is 0 Å². The number of ether oxygens (including phenoxy) is 1. The van der Waals surface area contributed by atoms with Crippen LogP contribution >= 0.6 is 0 Å². The number of morpholine rings is 1. The molecule has 0 N–H and O–H groups in total. The molecule has 2 aromatic heterocycles. The Morgan fingerprint density at radius 1 is 1.06 bits per heavy atom. The summed E-state index contributed by atoms with van der Waals surface area (Å²) < 4.78 is 8.28. The van der Waals surface area contributed by atoms with Crippen LogP contribution in [0.3, 0.4) is 0 Å². The normalized spacial score (nSPS) is 17.4. The smallest absolute Gasteiger partial charge is 0.112 e. The topological polar surface area (TPSA) is 43.2 Å². The molecule has 5 nitrogen and oxygen atoms in total. The Morgan fingerprint density at radius 3 is 2.61 bits per heavy atom. The Balaban J connectivity index is 1.47. The molecule has 0 radical (unpaired) electrons. The third-order valence-electron chi connectivity index (χ3n) is 6.29. The van der Waals surface area contributed by atoms with Crippen molar-refractivity contribution in [3.05, 3.63) is 81.9 Å². The highest BCUT2D eigenvalue weighted by molar-refractivity contribution is 5.30. The highest BCUT2D eigenvalue weighted by Crippen LogP contribution is 2.25. The van der Waals surface area contributed by atoms with E-state index in [1.807, 2.05) is 0 Å². The number of aryl methyl sites for hydroxylation is 2. The number of aromatic nitrogens is 3. The minimum atomic E-state index is 0.00586. The molecule has 0 bridgehead atoms. The molecule has 31 heavy (non-hydrogen) atoms. The van der Waals surface area contributed by atoms with E-state index in [2.05, 4.69) is 86.7 Å². The van der Waals surface area contributed by atoms with E-state index >= 15 is 0 Å². The molecule has 0 unspecified atom stereocenters. The van der Waals surface area contributed by atoms with Gasteiger partial charge in [0.2, 0.25) is 0 Å². The third kappa shape index (κ3) is 4.89. The molecule has 1 saturated heterocycles. The predicted octanol–water partition coefficient (Wildman–Crippen LogP) is 4.95. The first kappa shape index (κ1) is 21.7. The lowest BCUT2D eigenvalue weighted by Crippen LogP contribution is -2.38. The van der Waals surface area contributed by atoms with Crippen molar-refractivity contribution in [1.82, 2.24) is 19.7 Å². The zero-order chi connectivity index (χ0) is 22.0. The fourth-order valence-corrected chi connectivity index (χ4v) is 4.46. The third-order valence-corrected chi connectivity index (χ3v) is 6.29. The van der Waals surface area contributed by atoms with E-state index in [-0.39, 0.29) is 6.10 Å². The highest BCUT2D eigenvalue weighted by Gasteiger charge is 2.25. The first-order valence-electron chi connectivity index (χ1n) is 11.3. The largest absolute Gasteiger partial charge is 0.369 e. The van der Waals surface area contributed by atoms with Gasteiger partial charge in [-0.25, -0.2) is 0 Å². The van der Waals surface area contributed by atoms with Gasteiger partial charge in [0.1, 0.15) is 6.10 Å². The van der Waals surface area contributed by atoms with E-state index in [1.165, 1.54) is 22.4 Å². The predicted molar refractivity (Wildman–Crippen MR) is 124 cm³/mol. The number of pyridine rings is 1. The van der Waals surface area contributed by atoms with Crippen molar-refractivity contribution in [2.75, 3.05) is 19.7 Å². The lowest BCUT2D eigenvalue weighted by molar-refractivity contribution is -0.0351. The van der Waals surface area contributed by atoms with Crippen LogP contribution in [-0.2, 0) is 17.7 Å². The second-order valence-electron chi connectivity index (χ2n) is 8.94. The quantitative estimate of drug-likeness (QED) is 0.568. The molecular weight excluding hydrogens is 384 g/mol. The Bertz CT molecular complexity index is 1040. The molecule has 1 aliphatic rings. The van der Waals surface area contributed by atoms with Gasteiger partial charge in [0.05, 0.1) is 18.0 Å². The molecule has 0 spiro atoms. The number of benzene rings is 1. The molecule has 1 aromatic carbocycles. The van der Waals surface area contributed by atoms with Crippen molar-refractivity contribution in [3.63, 3.8) is 0 Å². The molecule has 0 amide bonds. The molecule has 3 aromatic rings. The summed E-state index contributed by atoms with van der Waals surface area (Å²) in [6.45, 7) is 14.3. The molecule has 0 aliphatic carbocycles. The molecule has 4 rings (SSSR count). The maximum atomic E-state index is 6.14. The van der Waals surface area contributed by atoms with Crippen LogP contribution in [0.25, 0.3) is 0 Å². The van der Waals surface area contributed by atoms with E-state index in [4.69, 9.17) is 14.8 Å². The van der Waals surface area contributed by atoms with Gasteiger partial charge >= 0.3 is 0 Å². The van der Waals surface area contributed by atoms with Crippen LogP contribution in [0.1, 0.15) is 65.5 Å². The number of hydrogen-bond acceptors (Lipinski definition) is 4. The van der Waals surface area contributed by atoms with Gasteiger partial charge < -0.3 is 4.74 Å². The monoisotopic (exact) mass is 418 g/mol. The average molecular weight is 419 g/mol. The van der Waals surface area contributed by atoms with Crippen LogP contribution in [-0.4, -0.2) is 39.4 Å². The zero-order valence-electron chi connectivity index (χ0n) is 19.4. The van der Waals surface area contributed by atoms with Gasteiger partial charge in [-0.2, -0.15) is 5.10 Å². The first-order valence-corrected chi connectivity index (χ1v) is 11.3. The maximum Gasteiger partial charge on any atom is 0.112 e. The summed E-state index contributed by atoms with van der Waals surface area (Å²) in [5.41, 5.74) is 8.51. The van der Waals surface area contributed by atoms with Crippen LogP contribution in [0.4, 0.5) is 0 Å². The average Bonchev–Trinajstić information content (AvgIpc) is 3.04. The van der Waals surface area contributed by atoms with Crippen molar-refractivity contribution in [3.8, 4) is 0 Å². The number of rotatable bonds is 6. The van der Waals surface area contributed by atoms with E-state index in [0.29, 0.717) is 6.04 Å². The van der Waals surface area contributed by atoms with Crippen LogP contribution in [0.2, 0.25) is 0 Å².